The van der Waals surface area contributed by atoms with Gasteiger partial charge < -0.3 is 9.84 Å². The first-order chi connectivity index (χ1) is 12.0. The van der Waals surface area contributed by atoms with E-state index < -0.39 is 36.0 Å². The van der Waals surface area contributed by atoms with Crippen molar-refractivity contribution in [1.29, 1.82) is 0 Å². The highest BCUT2D eigenvalue weighted by atomic mass is 19.3. The van der Waals surface area contributed by atoms with Crippen LogP contribution in [0.3, 0.4) is 0 Å². The van der Waals surface area contributed by atoms with Gasteiger partial charge in [0.15, 0.2) is 0 Å². The lowest BCUT2D eigenvalue weighted by Crippen LogP contribution is -2.49. The van der Waals surface area contributed by atoms with Gasteiger partial charge in [-0.3, -0.25) is 0 Å². The topological polar surface area (TPSA) is 60.2 Å². The fourth-order valence-electron chi connectivity index (χ4n) is 2.43. The molecule has 1 aromatic carbocycles. The molecule has 0 aliphatic heterocycles. The molecule has 0 aliphatic carbocycles. The molecule has 2 aromatic rings. The van der Waals surface area contributed by atoms with Crippen molar-refractivity contribution < 1.29 is 31.8 Å². The van der Waals surface area contributed by atoms with Crippen molar-refractivity contribution in [1.82, 2.24) is 14.8 Å². The summed E-state index contributed by atoms with van der Waals surface area (Å²) in [4.78, 5) is 3.73. The Morgan fingerprint density at radius 2 is 1.81 bits per heavy atom. The number of hydrogen-bond acceptors (Lipinski definition) is 4. The number of ether oxygens (including phenoxy) is 1. The van der Waals surface area contributed by atoms with E-state index in [-0.39, 0.29) is 12.1 Å². The zero-order valence-electron chi connectivity index (χ0n) is 14.0. The summed E-state index contributed by atoms with van der Waals surface area (Å²) in [6, 6.07) is 4.73. The predicted octanol–water partition coefficient (Wildman–Crippen LogP) is 3.21. The van der Waals surface area contributed by atoms with Crippen LogP contribution in [0.5, 0.6) is 0 Å². The van der Waals surface area contributed by atoms with Crippen LogP contribution in [0, 0.1) is 11.2 Å². The first-order valence-corrected chi connectivity index (χ1v) is 7.59. The normalized spacial score (nSPS) is 15.3. The Morgan fingerprint density at radius 1 is 1.19 bits per heavy atom. The molecule has 2 rings (SSSR count). The third-order valence-electron chi connectivity index (χ3n) is 4.18. The lowest BCUT2D eigenvalue weighted by Gasteiger charge is -2.43. The van der Waals surface area contributed by atoms with Crippen LogP contribution in [0.25, 0.3) is 0 Å². The second kappa shape index (κ2) is 7.28. The molecule has 1 atom stereocenters. The summed E-state index contributed by atoms with van der Waals surface area (Å²) in [5, 5.41) is 15.1. The third-order valence-corrected chi connectivity index (χ3v) is 4.18. The summed E-state index contributed by atoms with van der Waals surface area (Å²) in [6.07, 6.45) is -6.17. The van der Waals surface area contributed by atoms with Gasteiger partial charge in [0.1, 0.15) is 24.1 Å². The average Bonchev–Trinajstić information content (AvgIpc) is 3.06. The Labute approximate surface area is 146 Å². The van der Waals surface area contributed by atoms with E-state index in [1.165, 1.54) is 43.3 Å². The van der Waals surface area contributed by atoms with E-state index in [9.17, 15) is 27.1 Å². The number of benzene rings is 1. The zero-order chi connectivity index (χ0) is 19.6. The Morgan fingerprint density at radius 3 is 2.31 bits per heavy atom. The fourth-order valence-corrected chi connectivity index (χ4v) is 2.43. The quantitative estimate of drug-likeness (QED) is 0.716. The molecule has 26 heavy (non-hydrogen) atoms. The maximum absolute atomic E-state index is 13.2. The van der Waals surface area contributed by atoms with Crippen molar-refractivity contribution in [3.05, 3.63) is 48.3 Å². The number of rotatable bonds is 8. The highest BCUT2D eigenvalue weighted by Crippen LogP contribution is 2.42. The number of nitrogens with zero attached hydrogens (tertiary/aromatic N) is 3. The Hall–Kier alpha value is -2.07. The summed E-state index contributed by atoms with van der Waals surface area (Å²) < 4.78 is 69.6. The minimum atomic E-state index is -4.66. The molecule has 0 bridgehead atoms. The molecule has 1 aromatic heterocycles. The zero-order valence-corrected chi connectivity index (χ0v) is 14.0. The molecule has 144 valence electrons. The minimum Gasteiger partial charge on any atom is -0.383 e. The van der Waals surface area contributed by atoms with E-state index in [1.807, 2.05) is 0 Å². The van der Waals surface area contributed by atoms with Crippen LogP contribution in [0.2, 0.25) is 0 Å². The van der Waals surface area contributed by atoms with Crippen molar-refractivity contribution in [3.63, 3.8) is 0 Å². The van der Waals surface area contributed by atoms with E-state index in [2.05, 4.69) is 14.8 Å². The first kappa shape index (κ1) is 20.2. The minimum absolute atomic E-state index is 0.184. The summed E-state index contributed by atoms with van der Waals surface area (Å²) in [5.74, 6) is -0.560. The fraction of sp³-hybridized carbons (Fsp3) is 0.500. The highest BCUT2D eigenvalue weighted by Gasteiger charge is 2.50. The summed E-state index contributed by atoms with van der Waals surface area (Å²) in [7, 11) is 0. The van der Waals surface area contributed by atoms with Crippen LogP contribution in [0.1, 0.15) is 19.4 Å². The number of alkyl halides is 4. The van der Waals surface area contributed by atoms with Gasteiger partial charge >= 0.3 is 12.5 Å². The Kier molecular flexibility index (Phi) is 5.67. The molecular weight excluding hydrogens is 361 g/mol. The van der Waals surface area contributed by atoms with Crippen LogP contribution in [-0.2, 0) is 16.9 Å². The molecule has 1 unspecified atom stereocenters. The average molecular weight is 379 g/mol. The van der Waals surface area contributed by atoms with E-state index >= 15 is 0 Å². The maximum Gasteiger partial charge on any atom is 0.416 e. The molecule has 1 heterocycles. The maximum atomic E-state index is 13.2. The SMILES string of the molecule is CC(C)(COC(F)(F)C(F)F)C(O)(Cn1cncn1)c1ccc(F)cc1. The van der Waals surface area contributed by atoms with Gasteiger partial charge in [0.2, 0.25) is 0 Å². The standard InChI is InChI=1S/C16H18F5N3O2/c1-14(2,8-26-16(20,21)13(18)19)15(25,7-24-10-22-9-23-24)11-3-5-12(17)6-4-11/h3-6,9-10,13,25H,7-8H2,1-2H3. The first-order valence-electron chi connectivity index (χ1n) is 7.59. The van der Waals surface area contributed by atoms with Crippen LogP contribution in [0.15, 0.2) is 36.9 Å². The molecule has 0 radical (unpaired) electrons. The van der Waals surface area contributed by atoms with Gasteiger partial charge in [-0.2, -0.15) is 13.9 Å². The molecule has 0 saturated heterocycles. The van der Waals surface area contributed by atoms with E-state index in [4.69, 9.17) is 0 Å². The largest absolute Gasteiger partial charge is 0.416 e. The van der Waals surface area contributed by atoms with E-state index in [0.29, 0.717) is 0 Å². The van der Waals surface area contributed by atoms with Crippen molar-refractivity contribution in [2.24, 2.45) is 5.41 Å². The smallest absolute Gasteiger partial charge is 0.383 e. The molecular formula is C16H18F5N3O2. The molecule has 0 fully saturated rings. The van der Waals surface area contributed by atoms with Crippen molar-refractivity contribution >= 4 is 0 Å². The van der Waals surface area contributed by atoms with Crippen molar-refractivity contribution in [2.45, 2.75) is 38.5 Å². The molecule has 0 aliphatic rings. The second-order valence-electron chi connectivity index (χ2n) is 6.50. The van der Waals surface area contributed by atoms with Gasteiger partial charge in [0, 0.05) is 5.41 Å². The summed E-state index contributed by atoms with van der Waals surface area (Å²) in [5.41, 5.74) is -3.19. The van der Waals surface area contributed by atoms with Crippen LogP contribution >= 0.6 is 0 Å². The lowest BCUT2D eigenvalue weighted by molar-refractivity contribution is -0.316. The predicted molar refractivity (Wildman–Crippen MR) is 81.0 cm³/mol. The van der Waals surface area contributed by atoms with Gasteiger partial charge in [-0.1, -0.05) is 26.0 Å². The highest BCUT2D eigenvalue weighted by molar-refractivity contribution is 5.25. The van der Waals surface area contributed by atoms with Crippen LogP contribution in [-0.4, -0.2) is 39.0 Å². The van der Waals surface area contributed by atoms with Gasteiger partial charge in [-0.15, -0.1) is 0 Å². The van der Waals surface area contributed by atoms with Crippen molar-refractivity contribution in [2.75, 3.05) is 6.61 Å². The van der Waals surface area contributed by atoms with Crippen molar-refractivity contribution in [3.8, 4) is 0 Å². The van der Waals surface area contributed by atoms with Gasteiger partial charge in [0.05, 0.1) is 13.2 Å². The van der Waals surface area contributed by atoms with Gasteiger partial charge in [0.25, 0.3) is 0 Å². The monoisotopic (exact) mass is 379 g/mol. The van der Waals surface area contributed by atoms with Gasteiger partial charge in [-0.25, -0.2) is 22.8 Å². The van der Waals surface area contributed by atoms with Gasteiger partial charge in [-0.05, 0) is 17.7 Å². The summed E-state index contributed by atoms with van der Waals surface area (Å²) >= 11 is 0. The second-order valence-corrected chi connectivity index (χ2v) is 6.50. The summed E-state index contributed by atoms with van der Waals surface area (Å²) in [6.45, 7) is 1.60. The van der Waals surface area contributed by atoms with E-state index in [1.54, 1.807) is 0 Å². The number of aromatic nitrogens is 3. The Balaban J connectivity index is 2.36. The third kappa shape index (κ3) is 4.18. The van der Waals surface area contributed by atoms with Crippen LogP contribution < -0.4 is 0 Å². The van der Waals surface area contributed by atoms with E-state index in [0.717, 1.165) is 12.1 Å². The molecule has 0 saturated carbocycles. The number of aliphatic hydroxyl groups is 1. The molecule has 0 spiro atoms. The van der Waals surface area contributed by atoms with Crippen LogP contribution in [0.4, 0.5) is 22.0 Å². The molecule has 5 nitrogen and oxygen atoms in total. The molecule has 1 N–H and O–H groups in total. The molecule has 10 heteroatoms. The lowest BCUT2D eigenvalue weighted by atomic mass is 9.71. The number of halogens is 5. The Bertz CT molecular complexity index is 707. The number of hydrogen-bond donors (Lipinski definition) is 1. The molecule has 0 amide bonds.